The van der Waals surface area contributed by atoms with Crippen LogP contribution in [-0.2, 0) is 0 Å². The van der Waals surface area contributed by atoms with Gasteiger partial charge in [-0.25, -0.2) is 0 Å². The fourth-order valence-electron chi connectivity index (χ4n) is 0. The molecule has 0 aromatic carbocycles. The van der Waals surface area contributed by atoms with Gasteiger partial charge in [0.1, 0.15) is 0 Å². The molecule has 0 spiro atoms. The summed E-state index contributed by atoms with van der Waals surface area (Å²) in [7, 11) is 4.09. The normalized spacial score (nSPS) is 12.0. The monoisotopic (exact) mass is 106 g/mol. The molecule has 0 saturated heterocycles. The predicted octanol–water partition coefficient (Wildman–Crippen LogP) is 0.927. The van der Waals surface area contributed by atoms with Crippen LogP contribution in [0.15, 0.2) is 0 Å². The Hall–Kier alpha value is 0.310. The molecule has 0 aliphatic heterocycles. The number of hydrogen-bond acceptors (Lipinski definition) is 1. The highest BCUT2D eigenvalue weighted by atomic mass is 32.1. The molecule has 0 aliphatic rings. The molecule has 0 N–H and O–H groups in total. The van der Waals surface area contributed by atoms with Gasteiger partial charge in [-0.15, -0.1) is 0 Å². The molecule has 0 fully saturated rings. The minimum absolute atomic E-state index is 0.764. The third-order valence-corrected chi connectivity index (χ3v) is 1.06. The molecule has 0 bridgehead atoms. The van der Waals surface area contributed by atoms with E-state index in [9.17, 15) is 0 Å². The molecule has 0 radical (unpaired) electrons. The van der Waals surface area contributed by atoms with E-state index in [0.29, 0.717) is 0 Å². The highest BCUT2D eigenvalue weighted by molar-refractivity contribution is 7.74. The highest BCUT2D eigenvalue weighted by Crippen LogP contribution is 1.97. The molecule has 0 aromatic heterocycles. The van der Waals surface area contributed by atoms with Crippen LogP contribution in [0.5, 0.6) is 0 Å². The van der Waals surface area contributed by atoms with E-state index in [0.717, 1.165) is 10.4 Å². The summed E-state index contributed by atoms with van der Waals surface area (Å²) < 4.78 is 0.764. The van der Waals surface area contributed by atoms with E-state index in [-0.39, 0.29) is 0 Å². The lowest BCUT2D eigenvalue weighted by atomic mass is 10.7. The molecular weight excluding hydrogens is 94.1 g/mol. The molecule has 0 heterocycles. The van der Waals surface area contributed by atoms with Gasteiger partial charge in [0.15, 0.2) is 0 Å². The Morgan fingerprint density at radius 1 is 1.50 bits per heavy atom. The predicted molar refractivity (Wildman–Crippen MR) is 31.6 cm³/mol. The number of nitrogens with zero attached hydrogens (tertiary/aromatic N) is 1. The quantitative estimate of drug-likeness (QED) is 0.373. The van der Waals surface area contributed by atoms with Gasteiger partial charge in [0.05, 0.1) is 33.5 Å². The van der Waals surface area contributed by atoms with Crippen molar-refractivity contribution < 1.29 is 3.89 Å². The molecule has 0 unspecified atom stereocenters. The second kappa shape index (κ2) is 1.85. The minimum Gasteiger partial charge on any atom is -0.269 e. The molecule has 1 nitrogen and oxygen atoms in total. The fourth-order valence-corrected chi connectivity index (χ4v) is 0. The molecule has 0 amide bonds. The number of rotatable bonds is 1. The van der Waals surface area contributed by atoms with Crippen molar-refractivity contribution >= 4 is 12.8 Å². The molecule has 0 saturated carbocycles. The van der Waals surface area contributed by atoms with E-state index < -0.39 is 0 Å². The summed E-state index contributed by atoms with van der Waals surface area (Å²) in [6.07, 6.45) is 0. The van der Waals surface area contributed by atoms with Crippen LogP contribution >= 0.6 is 12.8 Å². The van der Waals surface area contributed by atoms with Crippen molar-refractivity contribution in [2.75, 3.05) is 20.6 Å². The summed E-state index contributed by atoms with van der Waals surface area (Å²) in [5.74, 6) is 0. The van der Waals surface area contributed by atoms with Crippen molar-refractivity contribution in [3.8, 4) is 0 Å². The summed E-state index contributed by atoms with van der Waals surface area (Å²) in [6, 6.07) is 0. The maximum absolute atomic E-state index is 4.19. The third-order valence-electron chi connectivity index (χ3n) is 0.774. The fraction of sp³-hybridized carbons (Fsp3) is 1.00. The van der Waals surface area contributed by atoms with E-state index in [2.05, 4.69) is 19.7 Å². The molecule has 0 aromatic rings. The van der Waals surface area contributed by atoms with Crippen LogP contribution in [0.2, 0.25) is 0 Å². The number of thiol groups is 1. The Morgan fingerprint density at radius 2 is 1.67 bits per heavy atom. The SMILES string of the molecule is CC[N+](C)(C)S. The first kappa shape index (κ1) is 6.31. The first-order chi connectivity index (χ1) is 2.56. The Balaban J connectivity index is 3.17. The molecule has 6 heavy (non-hydrogen) atoms. The van der Waals surface area contributed by atoms with Crippen molar-refractivity contribution in [3.05, 3.63) is 0 Å². The molecule has 0 rings (SSSR count). The molecule has 2 heteroatoms. The molecule has 0 atom stereocenters. The van der Waals surface area contributed by atoms with Crippen LogP contribution in [0.1, 0.15) is 6.92 Å². The Kier molecular flexibility index (Phi) is 1.94. The summed E-state index contributed by atoms with van der Waals surface area (Å²) in [4.78, 5) is 0. The van der Waals surface area contributed by atoms with Gasteiger partial charge < -0.3 is 0 Å². The first-order valence-corrected chi connectivity index (χ1v) is 2.52. The minimum atomic E-state index is 0.764. The van der Waals surface area contributed by atoms with Crippen LogP contribution in [0.25, 0.3) is 0 Å². The van der Waals surface area contributed by atoms with Gasteiger partial charge >= 0.3 is 0 Å². The van der Waals surface area contributed by atoms with E-state index in [4.69, 9.17) is 0 Å². The van der Waals surface area contributed by atoms with Crippen molar-refractivity contribution in [1.82, 2.24) is 0 Å². The third kappa shape index (κ3) is 4.31. The number of hydrogen-bond donors (Lipinski definition) is 1. The van der Waals surface area contributed by atoms with Gasteiger partial charge in [0, 0.05) is 0 Å². The lowest BCUT2D eigenvalue weighted by Gasteiger charge is -2.17. The summed E-state index contributed by atoms with van der Waals surface area (Å²) >= 11 is 4.19. The highest BCUT2D eigenvalue weighted by Gasteiger charge is 2.00. The lowest BCUT2D eigenvalue weighted by molar-refractivity contribution is -0.744. The van der Waals surface area contributed by atoms with Gasteiger partial charge in [-0.05, 0) is 6.92 Å². The smallest absolute Gasteiger partial charge is 0.0857 e. The van der Waals surface area contributed by atoms with E-state index in [1.807, 2.05) is 14.1 Å². The summed E-state index contributed by atoms with van der Waals surface area (Å²) in [5, 5.41) is 0. The van der Waals surface area contributed by atoms with Gasteiger partial charge in [-0.2, -0.15) is 0 Å². The van der Waals surface area contributed by atoms with Gasteiger partial charge in [0.25, 0.3) is 0 Å². The van der Waals surface area contributed by atoms with E-state index in [1.165, 1.54) is 0 Å². The topological polar surface area (TPSA) is 0 Å². The van der Waals surface area contributed by atoms with Crippen LogP contribution in [0.4, 0.5) is 0 Å². The summed E-state index contributed by atoms with van der Waals surface area (Å²) in [5.41, 5.74) is 0. The Labute approximate surface area is 45.1 Å². The molecule has 38 valence electrons. The van der Waals surface area contributed by atoms with Crippen molar-refractivity contribution in [3.63, 3.8) is 0 Å². The zero-order valence-electron chi connectivity index (χ0n) is 4.60. The van der Waals surface area contributed by atoms with Crippen molar-refractivity contribution in [2.24, 2.45) is 0 Å². The van der Waals surface area contributed by atoms with Crippen LogP contribution in [0, 0.1) is 0 Å². The summed E-state index contributed by atoms with van der Waals surface area (Å²) in [6.45, 7) is 3.18. The van der Waals surface area contributed by atoms with Gasteiger partial charge in [-0.1, -0.05) is 0 Å². The van der Waals surface area contributed by atoms with Crippen LogP contribution in [0.3, 0.4) is 0 Å². The standard InChI is InChI=1S/C4H12NS/c1-4-5(2,3)6/h6H,4H2,1-3H3/q+1. The largest absolute Gasteiger partial charge is 0.269 e. The van der Waals surface area contributed by atoms with Crippen LogP contribution < -0.4 is 0 Å². The Morgan fingerprint density at radius 3 is 1.67 bits per heavy atom. The van der Waals surface area contributed by atoms with Gasteiger partial charge in [0.2, 0.25) is 0 Å². The van der Waals surface area contributed by atoms with Gasteiger partial charge in [-0.3, -0.25) is 3.89 Å². The second-order valence-electron chi connectivity index (χ2n) is 1.94. The van der Waals surface area contributed by atoms with Crippen molar-refractivity contribution in [2.45, 2.75) is 6.92 Å². The molecule has 0 aliphatic carbocycles. The van der Waals surface area contributed by atoms with Crippen LogP contribution in [-0.4, -0.2) is 24.5 Å². The first-order valence-electron chi connectivity index (χ1n) is 2.12. The van der Waals surface area contributed by atoms with Crippen molar-refractivity contribution in [1.29, 1.82) is 0 Å². The van der Waals surface area contributed by atoms with E-state index in [1.54, 1.807) is 0 Å². The average Bonchev–Trinajstić information content (AvgIpc) is 1.35. The second-order valence-corrected chi connectivity index (χ2v) is 3.02. The van der Waals surface area contributed by atoms with E-state index >= 15 is 0 Å². The lowest BCUT2D eigenvalue weighted by Crippen LogP contribution is -2.26. The molecular formula is C4H12NS+. The maximum atomic E-state index is 4.19. The zero-order chi connectivity index (χ0) is 5.21. The number of quaternary nitrogens is 1. The zero-order valence-corrected chi connectivity index (χ0v) is 5.50. The Bertz CT molecular complexity index is 37.3. The maximum Gasteiger partial charge on any atom is 0.0857 e. The average molecular weight is 106 g/mol.